The fourth-order valence-electron chi connectivity index (χ4n) is 1.27. The van der Waals surface area contributed by atoms with Crippen LogP contribution in [0.1, 0.15) is 6.92 Å². The van der Waals surface area contributed by atoms with Crippen molar-refractivity contribution in [2.45, 2.75) is 19.1 Å². The maximum Gasteiger partial charge on any atom is 0.414 e. The van der Waals surface area contributed by atoms with Crippen LogP contribution in [-0.2, 0) is 9.59 Å². The van der Waals surface area contributed by atoms with Crippen LogP contribution in [0.15, 0.2) is 24.3 Å². The summed E-state index contributed by atoms with van der Waals surface area (Å²) < 4.78 is 18.3. The zero-order chi connectivity index (χ0) is 17.8. The predicted molar refractivity (Wildman–Crippen MR) is 77.7 cm³/mol. The van der Waals surface area contributed by atoms with E-state index in [9.17, 15) is 9.50 Å². The minimum absolute atomic E-state index is 0.00768. The molecule has 0 amide bonds. The fourth-order valence-corrected chi connectivity index (χ4v) is 1.27. The molecule has 0 aromatic heterocycles. The smallest absolute Gasteiger partial charge is 0.414 e. The van der Waals surface area contributed by atoms with Crippen LogP contribution in [-0.4, -0.2) is 64.3 Å². The van der Waals surface area contributed by atoms with Crippen LogP contribution >= 0.6 is 0 Å². The van der Waals surface area contributed by atoms with Gasteiger partial charge >= 0.3 is 11.9 Å². The first-order chi connectivity index (χ1) is 10.7. The van der Waals surface area contributed by atoms with Crippen LogP contribution < -0.4 is 10.1 Å². The van der Waals surface area contributed by atoms with Gasteiger partial charge in [-0.05, 0) is 19.1 Å². The Morgan fingerprint density at radius 3 is 2.22 bits per heavy atom. The Kier molecular flexibility index (Phi) is 10.3. The van der Waals surface area contributed by atoms with E-state index in [0.717, 1.165) is 0 Å². The molecule has 1 aromatic carbocycles. The number of ether oxygens (including phenoxy) is 1. The van der Waals surface area contributed by atoms with Gasteiger partial charge in [0.15, 0.2) is 11.6 Å². The molecule has 8 nitrogen and oxygen atoms in total. The summed E-state index contributed by atoms with van der Waals surface area (Å²) in [6.07, 6.45) is -1.21. The number of carboxylic acid groups (broad SMARTS) is 2. The molecule has 0 aliphatic heterocycles. The molecule has 0 saturated heterocycles. The third kappa shape index (κ3) is 11.0. The van der Waals surface area contributed by atoms with Crippen molar-refractivity contribution in [2.75, 3.05) is 19.7 Å². The lowest BCUT2D eigenvalue weighted by Gasteiger charge is -2.14. The highest BCUT2D eigenvalue weighted by Gasteiger charge is 2.07. The third-order valence-electron chi connectivity index (χ3n) is 2.27. The van der Waals surface area contributed by atoms with E-state index in [-0.39, 0.29) is 12.4 Å². The predicted octanol–water partition coefficient (Wildman–Crippen LogP) is -0.309. The van der Waals surface area contributed by atoms with Gasteiger partial charge in [0, 0.05) is 13.1 Å². The van der Waals surface area contributed by atoms with Gasteiger partial charge in [0.2, 0.25) is 0 Å². The standard InChI is InChI=1S/C12H18FNO3.C2H2O4/c1-9(15)6-14-7-10(16)8-17-12-5-3-2-4-11(12)13;3-1(4)2(5)6/h2-5,9-10,14-16H,6-8H2,1H3;(H,3,4)(H,5,6). The van der Waals surface area contributed by atoms with Gasteiger partial charge in [0.1, 0.15) is 12.7 Å². The van der Waals surface area contributed by atoms with Crippen molar-refractivity contribution in [3.63, 3.8) is 0 Å². The average Bonchev–Trinajstić information content (AvgIpc) is 2.46. The molecular formula is C14H20FNO7. The van der Waals surface area contributed by atoms with Crippen molar-refractivity contribution in [3.05, 3.63) is 30.1 Å². The Morgan fingerprint density at radius 2 is 1.74 bits per heavy atom. The Hall–Kier alpha value is -2.23. The van der Waals surface area contributed by atoms with E-state index in [1.54, 1.807) is 19.1 Å². The third-order valence-corrected chi connectivity index (χ3v) is 2.27. The highest BCUT2D eigenvalue weighted by Crippen LogP contribution is 2.15. The van der Waals surface area contributed by atoms with E-state index in [4.69, 9.17) is 29.6 Å². The van der Waals surface area contributed by atoms with Crippen molar-refractivity contribution < 1.29 is 39.1 Å². The van der Waals surface area contributed by atoms with Crippen molar-refractivity contribution in [1.82, 2.24) is 5.32 Å². The molecule has 0 aliphatic rings. The van der Waals surface area contributed by atoms with Gasteiger partial charge < -0.3 is 30.5 Å². The fraction of sp³-hybridized carbons (Fsp3) is 0.429. The molecule has 9 heteroatoms. The van der Waals surface area contributed by atoms with Crippen molar-refractivity contribution in [3.8, 4) is 5.75 Å². The summed E-state index contributed by atoms with van der Waals surface area (Å²) in [5.41, 5.74) is 0. The number of carboxylic acids is 2. The Balaban J connectivity index is 0.000000688. The molecule has 1 aromatic rings. The number of aliphatic hydroxyl groups is 2. The number of nitrogens with one attached hydrogen (secondary N) is 1. The Bertz CT molecular complexity index is 484. The number of aliphatic carboxylic acids is 2. The van der Waals surface area contributed by atoms with E-state index in [1.165, 1.54) is 12.1 Å². The molecule has 2 unspecified atom stereocenters. The van der Waals surface area contributed by atoms with E-state index in [1.807, 2.05) is 0 Å². The maximum atomic E-state index is 13.1. The van der Waals surface area contributed by atoms with Crippen molar-refractivity contribution >= 4 is 11.9 Å². The van der Waals surface area contributed by atoms with Gasteiger partial charge in [-0.2, -0.15) is 0 Å². The first-order valence-corrected chi connectivity index (χ1v) is 6.64. The monoisotopic (exact) mass is 333 g/mol. The minimum Gasteiger partial charge on any atom is -0.488 e. The normalized spacial score (nSPS) is 12.5. The maximum absolute atomic E-state index is 13.1. The second-order valence-electron chi connectivity index (χ2n) is 4.51. The first-order valence-electron chi connectivity index (χ1n) is 6.64. The molecule has 130 valence electrons. The lowest BCUT2D eigenvalue weighted by atomic mass is 10.3. The molecular weight excluding hydrogens is 313 g/mol. The first kappa shape index (κ1) is 20.8. The minimum atomic E-state index is -1.82. The molecule has 0 fully saturated rings. The molecule has 0 radical (unpaired) electrons. The number of hydrogen-bond donors (Lipinski definition) is 5. The number of aliphatic hydroxyl groups excluding tert-OH is 2. The van der Waals surface area contributed by atoms with Crippen molar-refractivity contribution in [1.29, 1.82) is 0 Å². The Morgan fingerprint density at radius 1 is 1.17 bits per heavy atom. The van der Waals surface area contributed by atoms with Gasteiger partial charge in [-0.25, -0.2) is 14.0 Å². The second-order valence-corrected chi connectivity index (χ2v) is 4.51. The number of rotatable bonds is 7. The quantitative estimate of drug-likeness (QED) is 0.429. The van der Waals surface area contributed by atoms with Crippen LogP contribution in [0.2, 0.25) is 0 Å². The van der Waals surface area contributed by atoms with Crippen LogP contribution in [0.5, 0.6) is 5.75 Å². The lowest BCUT2D eigenvalue weighted by molar-refractivity contribution is -0.159. The number of para-hydroxylation sites is 1. The number of halogens is 1. The summed E-state index contributed by atoms with van der Waals surface area (Å²) in [6, 6.07) is 6.04. The molecule has 0 aliphatic carbocycles. The topological polar surface area (TPSA) is 136 Å². The lowest BCUT2D eigenvalue weighted by Crippen LogP contribution is -2.35. The number of hydrogen-bond acceptors (Lipinski definition) is 6. The average molecular weight is 333 g/mol. The van der Waals surface area contributed by atoms with Crippen LogP contribution in [0.3, 0.4) is 0 Å². The summed E-state index contributed by atoms with van der Waals surface area (Å²) in [4.78, 5) is 18.2. The second kappa shape index (κ2) is 11.4. The largest absolute Gasteiger partial charge is 0.488 e. The zero-order valence-corrected chi connectivity index (χ0v) is 12.5. The van der Waals surface area contributed by atoms with E-state index < -0.39 is 30.0 Å². The molecule has 5 N–H and O–H groups in total. The van der Waals surface area contributed by atoms with Crippen LogP contribution in [0, 0.1) is 5.82 Å². The van der Waals surface area contributed by atoms with E-state index >= 15 is 0 Å². The zero-order valence-electron chi connectivity index (χ0n) is 12.5. The Labute approximate surface area is 132 Å². The van der Waals surface area contributed by atoms with Crippen molar-refractivity contribution in [2.24, 2.45) is 0 Å². The molecule has 0 saturated carbocycles. The number of carbonyl (C=O) groups is 2. The van der Waals surface area contributed by atoms with Gasteiger partial charge in [-0.3, -0.25) is 0 Å². The SMILES string of the molecule is CC(O)CNCC(O)COc1ccccc1F.O=C(O)C(=O)O. The number of benzene rings is 1. The molecule has 0 spiro atoms. The highest BCUT2D eigenvalue weighted by atomic mass is 19.1. The molecule has 23 heavy (non-hydrogen) atoms. The molecule has 1 rings (SSSR count). The summed E-state index contributed by atoms with van der Waals surface area (Å²) in [6.45, 7) is 2.35. The van der Waals surface area contributed by atoms with Gasteiger partial charge in [0.25, 0.3) is 0 Å². The highest BCUT2D eigenvalue weighted by molar-refractivity contribution is 6.27. The van der Waals surface area contributed by atoms with Gasteiger partial charge in [-0.15, -0.1) is 0 Å². The summed E-state index contributed by atoms with van der Waals surface area (Å²) >= 11 is 0. The molecule has 0 heterocycles. The summed E-state index contributed by atoms with van der Waals surface area (Å²) in [5.74, 6) is -3.97. The molecule has 2 atom stereocenters. The van der Waals surface area contributed by atoms with E-state index in [2.05, 4.69) is 5.32 Å². The summed E-state index contributed by atoms with van der Waals surface area (Å²) in [7, 11) is 0. The van der Waals surface area contributed by atoms with E-state index in [0.29, 0.717) is 13.1 Å². The summed E-state index contributed by atoms with van der Waals surface area (Å²) in [5, 5.41) is 36.2. The van der Waals surface area contributed by atoms with Crippen LogP contribution in [0.4, 0.5) is 4.39 Å². The van der Waals surface area contributed by atoms with Gasteiger partial charge in [-0.1, -0.05) is 12.1 Å². The van der Waals surface area contributed by atoms with Gasteiger partial charge in [0.05, 0.1) is 6.10 Å². The molecule has 0 bridgehead atoms. The van der Waals surface area contributed by atoms with Crippen LogP contribution in [0.25, 0.3) is 0 Å².